The molecule has 2 aromatic rings. The summed E-state index contributed by atoms with van der Waals surface area (Å²) in [5.41, 5.74) is 5.60. The number of guanidine groups is 1. The standard InChI is InChI=1S/C28H40N6O6S/c1-4-18(2)25(27(37)38)33(3)26(36)23(15-24(35)31-16-19-8-7-13-34(17-19)28(29)30)32-41(39,40)22-12-11-20-9-5-6-10-21(20)14-22/h5-6,9-12,14,18-19,23,25,32H,4,7-8,13,15-17H2,1-3H3,(H3,29,30)(H,31,35)(H,37,38)/t18-,19-,23-,25-/m0/s1. The Balaban J connectivity index is 1.83. The average molecular weight is 589 g/mol. The molecule has 0 saturated carbocycles. The summed E-state index contributed by atoms with van der Waals surface area (Å²) in [5, 5.41) is 21.8. The molecule has 1 heterocycles. The highest BCUT2D eigenvalue weighted by Gasteiger charge is 2.37. The van der Waals surface area contributed by atoms with Crippen LogP contribution in [0.1, 0.15) is 39.5 Å². The van der Waals surface area contributed by atoms with Crippen molar-refractivity contribution >= 4 is 44.5 Å². The predicted octanol–water partition coefficient (Wildman–Crippen LogP) is 1.56. The van der Waals surface area contributed by atoms with E-state index in [0.717, 1.165) is 23.1 Å². The third-order valence-electron chi connectivity index (χ3n) is 7.66. The Morgan fingerprint density at radius 3 is 2.51 bits per heavy atom. The number of carboxylic acid groups (broad SMARTS) is 1. The van der Waals surface area contributed by atoms with Crippen molar-refractivity contribution in [3.63, 3.8) is 0 Å². The summed E-state index contributed by atoms with van der Waals surface area (Å²) in [7, 11) is -2.96. The molecule has 1 aliphatic heterocycles. The number of carbonyl (C=O) groups excluding carboxylic acids is 2. The minimum atomic E-state index is -4.27. The molecule has 0 unspecified atom stereocenters. The normalized spacial score (nSPS) is 17.8. The van der Waals surface area contributed by atoms with Gasteiger partial charge in [-0.3, -0.25) is 15.0 Å². The molecule has 2 amide bonds. The van der Waals surface area contributed by atoms with Crippen LogP contribution in [0.4, 0.5) is 0 Å². The van der Waals surface area contributed by atoms with Gasteiger partial charge in [0.2, 0.25) is 21.8 Å². The number of nitrogens with two attached hydrogens (primary N) is 1. The fourth-order valence-corrected chi connectivity index (χ4v) is 6.36. The van der Waals surface area contributed by atoms with Crippen LogP contribution in [0, 0.1) is 17.2 Å². The predicted molar refractivity (Wildman–Crippen MR) is 156 cm³/mol. The largest absolute Gasteiger partial charge is 0.480 e. The van der Waals surface area contributed by atoms with E-state index in [0.29, 0.717) is 24.9 Å². The molecule has 3 rings (SSSR count). The molecule has 0 spiro atoms. The lowest BCUT2D eigenvalue weighted by molar-refractivity contribution is -0.152. The molecule has 6 N–H and O–H groups in total. The van der Waals surface area contributed by atoms with Gasteiger partial charge in [-0.25, -0.2) is 13.2 Å². The second-order valence-electron chi connectivity index (χ2n) is 10.6. The van der Waals surface area contributed by atoms with E-state index in [4.69, 9.17) is 11.1 Å². The fourth-order valence-electron chi connectivity index (χ4n) is 5.13. The number of sulfonamides is 1. The van der Waals surface area contributed by atoms with E-state index in [-0.39, 0.29) is 23.3 Å². The number of nitrogens with one attached hydrogen (secondary N) is 3. The number of fused-ring (bicyclic) bond motifs is 1. The van der Waals surface area contributed by atoms with Gasteiger partial charge in [0.05, 0.1) is 11.3 Å². The summed E-state index contributed by atoms with van der Waals surface area (Å²) in [5.74, 6) is -3.02. The average Bonchev–Trinajstić information content (AvgIpc) is 2.94. The maximum Gasteiger partial charge on any atom is 0.326 e. The number of hydrogen-bond donors (Lipinski definition) is 5. The first-order chi connectivity index (χ1) is 19.3. The quantitative estimate of drug-likeness (QED) is 0.183. The first kappa shape index (κ1) is 31.8. The third-order valence-corrected chi connectivity index (χ3v) is 9.13. The number of nitrogens with zero attached hydrogens (tertiary/aromatic N) is 2. The molecule has 0 aromatic heterocycles. The first-order valence-electron chi connectivity index (χ1n) is 13.7. The van der Waals surface area contributed by atoms with Gasteiger partial charge >= 0.3 is 5.97 Å². The number of amides is 2. The van der Waals surface area contributed by atoms with Crippen LogP contribution in [-0.2, 0) is 24.4 Å². The lowest BCUT2D eigenvalue weighted by atomic mass is 9.97. The molecule has 13 heteroatoms. The molecule has 1 saturated heterocycles. The molecule has 0 bridgehead atoms. The third kappa shape index (κ3) is 8.17. The molecule has 0 aliphatic carbocycles. The van der Waals surface area contributed by atoms with Crippen LogP contribution in [0.5, 0.6) is 0 Å². The first-order valence-corrected chi connectivity index (χ1v) is 15.2. The Labute approximate surface area is 240 Å². The van der Waals surface area contributed by atoms with Gasteiger partial charge in [-0.2, -0.15) is 4.72 Å². The van der Waals surface area contributed by atoms with Crippen molar-refractivity contribution in [1.29, 1.82) is 5.41 Å². The fraction of sp³-hybridized carbons (Fsp3) is 0.500. The van der Waals surface area contributed by atoms with Crippen LogP contribution in [0.15, 0.2) is 47.4 Å². The molecule has 1 aliphatic rings. The van der Waals surface area contributed by atoms with Gasteiger partial charge in [0.25, 0.3) is 0 Å². The highest BCUT2D eigenvalue weighted by atomic mass is 32.2. The summed E-state index contributed by atoms with van der Waals surface area (Å²) in [6.45, 7) is 4.93. The molecular weight excluding hydrogens is 548 g/mol. The van der Waals surface area contributed by atoms with Crippen molar-refractivity contribution in [2.24, 2.45) is 17.6 Å². The minimum Gasteiger partial charge on any atom is -0.480 e. The Kier molecular flexibility index (Phi) is 10.7. The van der Waals surface area contributed by atoms with E-state index >= 15 is 0 Å². The molecule has 4 atom stereocenters. The zero-order valence-corrected chi connectivity index (χ0v) is 24.5. The molecule has 1 fully saturated rings. The van der Waals surface area contributed by atoms with E-state index in [2.05, 4.69) is 10.0 Å². The van der Waals surface area contributed by atoms with Gasteiger partial charge in [-0.05, 0) is 47.6 Å². The lowest BCUT2D eigenvalue weighted by Gasteiger charge is -2.33. The van der Waals surface area contributed by atoms with Gasteiger partial charge in [-0.1, -0.05) is 50.6 Å². The summed E-state index contributed by atoms with van der Waals surface area (Å²) in [6, 6.07) is 9.02. The van der Waals surface area contributed by atoms with E-state index in [1.54, 1.807) is 36.9 Å². The molecule has 12 nitrogen and oxygen atoms in total. The number of hydrogen-bond acceptors (Lipinski definition) is 6. The zero-order valence-electron chi connectivity index (χ0n) is 23.7. The number of likely N-dealkylation sites (tertiary alicyclic amines) is 1. The maximum atomic E-state index is 13.6. The summed E-state index contributed by atoms with van der Waals surface area (Å²) < 4.78 is 29.2. The van der Waals surface area contributed by atoms with Crippen LogP contribution in [-0.4, -0.2) is 85.8 Å². The van der Waals surface area contributed by atoms with Crippen LogP contribution in [0.25, 0.3) is 10.8 Å². The Morgan fingerprint density at radius 1 is 1.20 bits per heavy atom. The van der Waals surface area contributed by atoms with Crippen molar-refractivity contribution in [2.45, 2.75) is 56.5 Å². The van der Waals surface area contributed by atoms with Crippen molar-refractivity contribution in [2.75, 3.05) is 26.7 Å². The Hall–Kier alpha value is -3.71. The molecule has 0 radical (unpaired) electrons. The molecule has 41 heavy (non-hydrogen) atoms. The zero-order chi connectivity index (χ0) is 30.3. The van der Waals surface area contributed by atoms with Crippen molar-refractivity contribution < 1.29 is 27.9 Å². The van der Waals surface area contributed by atoms with Gasteiger partial charge in [0.1, 0.15) is 12.1 Å². The topological polar surface area (TPSA) is 186 Å². The van der Waals surface area contributed by atoms with E-state index < -0.39 is 52.2 Å². The van der Waals surface area contributed by atoms with Crippen LogP contribution < -0.4 is 15.8 Å². The highest BCUT2D eigenvalue weighted by molar-refractivity contribution is 7.89. The van der Waals surface area contributed by atoms with Crippen molar-refractivity contribution in [3.05, 3.63) is 42.5 Å². The second kappa shape index (κ2) is 13.8. The van der Waals surface area contributed by atoms with E-state index in [9.17, 15) is 27.9 Å². The molecule has 224 valence electrons. The smallest absolute Gasteiger partial charge is 0.326 e. The maximum absolute atomic E-state index is 13.6. The number of carboxylic acids is 1. The van der Waals surface area contributed by atoms with Gasteiger partial charge in [0, 0.05) is 26.7 Å². The second-order valence-corrected chi connectivity index (χ2v) is 12.4. The van der Waals surface area contributed by atoms with Gasteiger partial charge in [0.15, 0.2) is 5.96 Å². The van der Waals surface area contributed by atoms with Crippen LogP contribution >= 0.6 is 0 Å². The van der Waals surface area contributed by atoms with Crippen LogP contribution in [0.3, 0.4) is 0 Å². The summed E-state index contributed by atoms with van der Waals surface area (Å²) in [6.07, 6.45) is 1.58. The number of carbonyl (C=O) groups is 3. The number of aliphatic carboxylic acids is 1. The van der Waals surface area contributed by atoms with Gasteiger partial charge in [-0.15, -0.1) is 0 Å². The highest BCUT2D eigenvalue weighted by Crippen LogP contribution is 2.21. The number of rotatable bonds is 12. The van der Waals surface area contributed by atoms with Crippen LogP contribution in [0.2, 0.25) is 0 Å². The Morgan fingerprint density at radius 2 is 1.88 bits per heavy atom. The van der Waals surface area contributed by atoms with E-state index in [1.165, 1.54) is 19.2 Å². The summed E-state index contributed by atoms with van der Waals surface area (Å²) in [4.78, 5) is 41.3. The summed E-state index contributed by atoms with van der Waals surface area (Å²) >= 11 is 0. The SMILES string of the molecule is CC[C@H](C)[C@@H](C(=O)O)N(C)C(=O)[C@H](CC(=O)NC[C@@H]1CCCN(C(=N)N)C1)NS(=O)(=O)c1ccc2ccccc2c1. The van der Waals surface area contributed by atoms with Crippen molar-refractivity contribution in [1.82, 2.24) is 19.8 Å². The number of benzene rings is 2. The molecular formula is C28H40N6O6S. The monoisotopic (exact) mass is 588 g/mol. The lowest BCUT2D eigenvalue weighted by Crippen LogP contribution is -2.55. The molecule has 2 aromatic carbocycles. The number of likely N-dealkylation sites (N-methyl/N-ethyl adjacent to an activating group) is 1. The van der Waals surface area contributed by atoms with Gasteiger partial charge < -0.3 is 26.0 Å². The van der Waals surface area contributed by atoms with E-state index in [1.807, 2.05) is 12.1 Å². The number of piperidine rings is 1. The van der Waals surface area contributed by atoms with Crippen molar-refractivity contribution in [3.8, 4) is 0 Å². The minimum absolute atomic E-state index is 0.0320. The Bertz CT molecular complexity index is 1380.